The number of nitrogens with zero attached hydrogens (tertiary/aromatic N) is 2. The van der Waals surface area contributed by atoms with E-state index in [2.05, 4.69) is 4.98 Å². The maximum Gasteiger partial charge on any atom is 0.323 e. The summed E-state index contributed by atoms with van der Waals surface area (Å²) in [5, 5.41) is 9.22. The molecule has 1 aliphatic carbocycles. The van der Waals surface area contributed by atoms with Crippen LogP contribution in [-0.4, -0.2) is 26.2 Å². The van der Waals surface area contributed by atoms with Gasteiger partial charge in [0.2, 0.25) is 0 Å². The largest absolute Gasteiger partial charge is 0.480 e. The van der Waals surface area contributed by atoms with Gasteiger partial charge in [0.05, 0.1) is 0 Å². The van der Waals surface area contributed by atoms with Gasteiger partial charge in [0.25, 0.3) is 0 Å². The van der Waals surface area contributed by atoms with Crippen LogP contribution < -0.4 is 5.73 Å². The first-order chi connectivity index (χ1) is 9.60. The number of hydrogen-bond acceptors (Lipinski definition) is 3. The van der Waals surface area contributed by atoms with E-state index in [4.69, 9.17) is 5.73 Å². The molecule has 0 bridgehead atoms. The Hall–Kier alpha value is -2.14. The standard InChI is InChI=1S/C15H17N3O2/c16-15(14(19)20)7-6-12(10-15)18-9-8-17-13(18)11-4-2-1-3-5-11/h1-5,8-9,12H,6-7,10,16H2,(H,19,20). The van der Waals surface area contributed by atoms with Gasteiger partial charge in [-0.3, -0.25) is 4.79 Å². The van der Waals surface area contributed by atoms with Crippen molar-refractivity contribution in [1.82, 2.24) is 9.55 Å². The van der Waals surface area contributed by atoms with Crippen LogP contribution in [0.5, 0.6) is 0 Å². The number of carbonyl (C=O) groups is 1. The Morgan fingerprint density at radius 2 is 2.15 bits per heavy atom. The fraction of sp³-hybridized carbons (Fsp3) is 0.333. The van der Waals surface area contributed by atoms with Crippen molar-refractivity contribution in [2.24, 2.45) is 5.73 Å². The summed E-state index contributed by atoms with van der Waals surface area (Å²) in [6, 6.07) is 9.98. The van der Waals surface area contributed by atoms with E-state index in [9.17, 15) is 9.90 Å². The van der Waals surface area contributed by atoms with Crippen LogP contribution in [0.1, 0.15) is 25.3 Å². The summed E-state index contributed by atoms with van der Waals surface area (Å²) < 4.78 is 2.05. The summed E-state index contributed by atoms with van der Waals surface area (Å²) in [4.78, 5) is 15.6. The van der Waals surface area contributed by atoms with Crippen LogP contribution >= 0.6 is 0 Å². The molecule has 3 N–H and O–H groups in total. The van der Waals surface area contributed by atoms with E-state index in [0.717, 1.165) is 17.8 Å². The summed E-state index contributed by atoms with van der Waals surface area (Å²) in [5.74, 6) is -0.0494. The molecule has 0 amide bonds. The predicted octanol–water partition coefficient (Wildman–Crippen LogP) is 2.06. The normalized spacial score (nSPS) is 25.8. The third kappa shape index (κ3) is 2.10. The lowest BCUT2D eigenvalue weighted by molar-refractivity contribution is -0.143. The van der Waals surface area contributed by atoms with Crippen molar-refractivity contribution in [3.8, 4) is 11.4 Å². The van der Waals surface area contributed by atoms with Crippen LogP contribution in [-0.2, 0) is 4.79 Å². The topological polar surface area (TPSA) is 81.1 Å². The molecule has 5 nitrogen and oxygen atoms in total. The minimum Gasteiger partial charge on any atom is -0.480 e. The quantitative estimate of drug-likeness (QED) is 0.895. The molecule has 0 saturated heterocycles. The SMILES string of the molecule is NC1(C(=O)O)CCC(n2ccnc2-c2ccccc2)C1. The molecule has 1 fully saturated rings. The Balaban J connectivity index is 1.91. The molecule has 20 heavy (non-hydrogen) atoms. The Kier molecular flexibility index (Phi) is 3.06. The zero-order valence-corrected chi connectivity index (χ0v) is 11.1. The third-order valence-electron chi connectivity index (χ3n) is 4.04. The molecular weight excluding hydrogens is 254 g/mol. The minimum atomic E-state index is -1.11. The Labute approximate surface area is 117 Å². The molecule has 1 aromatic heterocycles. The van der Waals surface area contributed by atoms with Crippen LogP contribution in [0.3, 0.4) is 0 Å². The number of rotatable bonds is 3. The Morgan fingerprint density at radius 3 is 2.80 bits per heavy atom. The maximum absolute atomic E-state index is 11.2. The van der Waals surface area contributed by atoms with E-state index in [-0.39, 0.29) is 6.04 Å². The van der Waals surface area contributed by atoms with Gasteiger partial charge in [0.1, 0.15) is 11.4 Å². The number of benzene rings is 1. The van der Waals surface area contributed by atoms with Crippen molar-refractivity contribution in [1.29, 1.82) is 0 Å². The molecule has 1 saturated carbocycles. The molecule has 1 aliphatic rings. The van der Waals surface area contributed by atoms with Crippen LogP contribution in [0.2, 0.25) is 0 Å². The Bertz CT molecular complexity index is 623. The van der Waals surface area contributed by atoms with Gasteiger partial charge >= 0.3 is 5.97 Å². The number of hydrogen-bond donors (Lipinski definition) is 2. The van der Waals surface area contributed by atoms with Crippen molar-refractivity contribution in [3.05, 3.63) is 42.7 Å². The van der Waals surface area contributed by atoms with Gasteiger partial charge in [-0.15, -0.1) is 0 Å². The molecule has 1 heterocycles. The third-order valence-corrected chi connectivity index (χ3v) is 4.04. The molecule has 1 aromatic carbocycles. The molecule has 2 aromatic rings. The molecular formula is C15H17N3O2. The van der Waals surface area contributed by atoms with Crippen molar-refractivity contribution < 1.29 is 9.90 Å². The molecule has 0 aliphatic heterocycles. The van der Waals surface area contributed by atoms with Crippen molar-refractivity contribution in [2.45, 2.75) is 30.8 Å². The lowest BCUT2D eigenvalue weighted by Gasteiger charge is -2.19. The number of aliphatic carboxylic acids is 1. The van der Waals surface area contributed by atoms with Crippen LogP contribution in [0, 0.1) is 0 Å². The molecule has 2 unspecified atom stereocenters. The van der Waals surface area contributed by atoms with Gasteiger partial charge < -0.3 is 15.4 Å². The second-order valence-corrected chi connectivity index (χ2v) is 5.38. The van der Waals surface area contributed by atoms with Gasteiger partial charge in [-0.05, 0) is 19.3 Å². The van der Waals surface area contributed by atoms with E-state index >= 15 is 0 Å². The summed E-state index contributed by atoms with van der Waals surface area (Å²) in [6.45, 7) is 0. The molecule has 0 spiro atoms. The van der Waals surface area contributed by atoms with Gasteiger partial charge in [0, 0.05) is 24.0 Å². The van der Waals surface area contributed by atoms with Crippen LogP contribution in [0.25, 0.3) is 11.4 Å². The first-order valence-corrected chi connectivity index (χ1v) is 6.71. The van der Waals surface area contributed by atoms with Crippen LogP contribution in [0.15, 0.2) is 42.7 Å². The van der Waals surface area contributed by atoms with Crippen molar-refractivity contribution in [3.63, 3.8) is 0 Å². The van der Waals surface area contributed by atoms with Crippen molar-refractivity contribution >= 4 is 5.97 Å². The number of carboxylic acids is 1. The zero-order valence-electron chi connectivity index (χ0n) is 11.1. The van der Waals surface area contributed by atoms with Gasteiger partial charge in [-0.1, -0.05) is 30.3 Å². The fourth-order valence-corrected chi connectivity index (χ4v) is 2.90. The molecule has 2 atom stereocenters. The highest BCUT2D eigenvalue weighted by atomic mass is 16.4. The summed E-state index contributed by atoms with van der Waals surface area (Å²) in [5.41, 5.74) is 5.88. The first kappa shape index (κ1) is 12.9. The van der Waals surface area contributed by atoms with Crippen molar-refractivity contribution in [2.75, 3.05) is 0 Å². The summed E-state index contributed by atoms with van der Waals surface area (Å²) in [6.07, 6.45) is 5.36. The highest BCUT2D eigenvalue weighted by Gasteiger charge is 2.43. The lowest BCUT2D eigenvalue weighted by Crippen LogP contribution is -2.45. The zero-order chi connectivity index (χ0) is 14.2. The smallest absolute Gasteiger partial charge is 0.323 e. The van der Waals surface area contributed by atoms with E-state index in [1.165, 1.54) is 0 Å². The average Bonchev–Trinajstić information content (AvgIpc) is 3.06. The highest BCUT2D eigenvalue weighted by molar-refractivity contribution is 5.79. The summed E-state index contributed by atoms with van der Waals surface area (Å²) in [7, 11) is 0. The van der Waals surface area contributed by atoms with E-state index in [1.54, 1.807) is 6.20 Å². The molecule has 104 valence electrons. The van der Waals surface area contributed by atoms with E-state index < -0.39 is 11.5 Å². The second kappa shape index (κ2) is 4.76. The predicted molar refractivity (Wildman–Crippen MR) is 75.1 cm³/mol. The molecule has 0 radical (unpaired) electrons. The van der Waals surface area contributed by atoms with Gasteiger partial charge in [-0.25, -0.2) is 4.98 Å². The lowest BCUT2D eigenvalue weighted by atomic mass is 9.99. The van der Waals surface area contributed by atoms with E-state index in [0.29, 0.717) is 12.8 Å². The maximum atomic E-state index is 11.2. The second-order valence-electron chi connectivity index (χ2n) is 5.38. The molecule has 3 rings (SSSR count). The minimum absolute atomic E-state index is 0.0915. The average molecular weight is 271 g/mol. The van der Waals surface area contributed by atoms with Gasteiger partial charge in [-0.2, -0.15) is 0 Å². The Morgan fingerprint density at radius 1 is 1.40 bits per heavy atom. The number of aromatic nitrogens is 2. The summed E-state index contributed by atoms with van der Waals surface area (Å²) >= 11 is 0. The first-order valence-electron chi connectivity index (χ1n) is 6.71. The van der Waals surface area contributed by atoms with E-state index in [1.807, 2.05) is 41.1 Å². The van der Waals surface area contributed by atoms with Crippen LogP contribution in [0.4, 0.5) is 0 Å². The highest BCUT2D eigenvalue weighted by Crippen LogP contribution is 2.38. The number of carboxylic acid groups (broad SMARTS) is 1. The number of nitrogens with two attached hydrogens (primary N) is 1. The monoisotopic (exact) mass is 271 g/mol. The van der Waals surface area contributed by atoms with Gasteiger partial charge in [0.15, 0.2) is 0 Å². The fourth-order valence-electron chi connectivity index (χ4n) is 2.90. The molecule has 5 heteroatoms. The number of imidazole rings is 1.